The Balaban J connectivity index is 2.59. The van der Waals surface area contributed by atoms with Crippen LogP contribution in [0.15, 0.2) is 23.1 Å². The van der Waals surface area contributed by atoms with Crippen LogP contribution in [0.1, 0.15) is 32.6 Å². The van der Waals surface area contributed by atoms with E-state index < -0.39 is 9.84 Å². The van der Waals surface area contributed by atoms with E-state index in [4.69, 9.17) is 11.6 Å². The highest BCUT2D eigenvalue weighted by molar-refractivity contribution is 7.90. The second-order valence-electron chi connectivity index (χ2n) is 4.86. The van der Waals surface area contributed by atoms with Crippen molar-refractivity contribution < 1.29 is 13.2 Å². The molecule has 0 heterocycles. The molecule has 0 aliphatic carbocycles. The summed E-state index contributed by atoms with van der Waals surface area (Å²) in [6.45, 7) is 2.70. The van der Waals surface area contributed by atoms with Gasteiger partial charge in [0.25, 0.3) is 0 Å². The highest BCUT2D eigenvalue weighted by atomic mass is 35.5. The maximum Gasteiger partial charge on any atom is 0.319 e. The number of nitrogens with one attached hydrogen (secondary N) is 2. The Kier molecular flexibility index (Phi) is 6.98. The van der Waals surface area contributed by atoms with Crippen LogP contribution in [0.4, 0.5) is 10.5 Å². The SMILES string of the molecule is CCCCCCNC(=O)Nc1cc(S(C)(=O)=O)ccc1Cl. The summed E-state index contributed by atoms with van der Waals surface area (Å²) in [4.78, 5) is 11.8. The number of sulfone groups is 1. The molecular formula is C14H21ClN2O3S. The summed E-state index contributed by atoms with van der Waals surface area (Å²) < 4.78 is 23.0. The first kappa shape index (κ1) is 17.8. The largest absolute Gasteiger partial charge is 0.338 e. The number of halogens is 1. The van der Waals surface area contributed by atoms with Crippen molar-refractivity contribution in [1.29, 1.82) is 0 Å². The van der Waals surface area contributed by atoms with Crippen LogP contribution in [0.2, 0.25) is 5.02 Å². The zero-order chi connectivity index (χ0) is 15.9. The fraction of sp³-hybridized carbons (Fsp3) is 0.500. The second kappa shape index (κ2) is 8.24. The van der Waals surface area contributed by atoms with Gasteiger partial charge in [0.2, 0.25) is 0 Å². The Morgan fingerprint density at radius 3 is 2.57 bits per heavy atom. The fourth-order valence-electron chi connectivity index (χ4n) is 1.75. The van der Waals surface area contributed by atoms with Crippen LogP contribution in [0, 0.1) is 0 Å². The van der Waals surface area contributed by atoms with Crippen molar-refractivity contribution in [3.05, 3.63) is 23.2 Å². The van der Waals surface area contributed by atoms with Crippen LogP contribution >= 0.6 is 11.6 Å². The molecule has 0 bridgehead atoms. The molecule has 118 valence electrons. The summed E-state index contributed by atoms with van der Waals surface area (Å²) in [5, 5.41) is 5.58. The zero-order valence-corrected chi connectivity index (χ0v) is 13.9. The number of carbonyl (C=O) groups is 1. The van der Waals surface area contributed by atoms with Gasteiger partial charge in [-0.05, 0) is 24.6 Å². The summed E-state index contributed by atoms with van der Waals surface area (Å²) in [5.41, 5.74) is 0.283. The van der Waals surface area contributed by atoms with Crippen molar-refractivity contribution in [2.75, 3.05) is 18.1 Å². The molecule has 0 aliphatic rings. The average Bonchev–Trinajstić information content (AvgIpc) is 2.40. The van der Waals surface area contributed by atoms with Gasteiger partial charge < -0.3 is 10.6 Å². The molecule has 0 saturated heterocycles. The minimum atomic E-state index is -3.34. The molecule has 0 aliphatic heterocycles. The molecule has 0 atom stereocenters. The van der Waals surface area contributed by atoms with E-state index in [0.29, 0.717) is 11.6 Å². The van der Waals surface area contributed by atoms with E-state index in [1.54, 1.807) is 0 Å². The Morgan fingerprint density at radius 1 is 1.24 bits per heavy atom. The van der Waals surface area contributed by atoms with Crippen LogP contribution in [-0.2, 0) is 9.84 Å². The Morgan fingerprint density at radius 2 is 1.95 bits per heavy atom. The number of rotatable bonds is 7. The molecule has 1 aromatic rings. The van der Waals surface area contributed by atoms with E-state index in [0.717, 1.165) is 31.9 Å². The first-order valence-corrected chi connectivity index (χ1v) is 9.16. The van der Waals surface area contributed by atoms with Gasteiger partial charge in [-0.3, -0.25) is 0 Å². The summed E-state index contributed by atoms with van der Waals surface area (Å²) in [6, 6.07) is 3.83. The number of hydrogen-bond donors (Lipinski definition) is 2. The third-order valence-electron chi connectivity index (χ3n) is 2.93. The minimum Gasteiger partial charge on any atom is -0.338 e. The molecule has 0 radical (unpaired) electrons. The Labute approximate surface area is 131 Å². The lowest BCUT2D eigenvalue weighted by Crippen LogP contribution is -2.29. The number of unbranched alkanes of at least 4 members (excludes halogenated alkanes) is 3. The molecule has 0 saturated carbocycles. The monoisotopic (exact) mass is 332 g/mol. The molecule has 5 nitrogen and oxygen atoms in total. The van der Waals surface area contributed by atoms with Gasteiger partial charge >= 0.3 is 6.03 Å². The van der Waals surface area contributed by atoms with E-state index in [1.165, 1.54) is 18.2 Å². The lowest BCUT2D eigenvalue weighted by molar-refractivity contribution is 0.252. The van der Waals surface area contributed by atoms with E-state index >= 15 is 0 Å². The van der Waals surface area contributed by atoms with E-state index in [2.05, 4.69) is 17.6 Å². The van der Waals surface area contributed by atoms with E-state index in [9.17, 15) is 13.2 Å². The van der Waals surface area contributed by atoms with Crippen LogP contribution in [-0.4, -0.2) is 27.2 Å². The van der Waals surface area contributed by atoms with Crippen molar-refractivity contribution in [3.8, 4) is 0 Å². The van der Waals surface area contributed by atoms with Crippen LogP contribution < -0.4 is 10.6 Å². The van der Waals surface area contributed by atoms with Crippen molar-refractivity contribution in [1.82, 2.24) is 5.32 Å². The molecule has 7 heteroatoms. The Bertz CT molecular complexity index is 588. The molecule has 0 unspecified atom stereocenters. The van der Waals surface area contributed by atoms with Crippen LogP contribution in [0.25, 0.3) is 0 Å². The molecule has 0 aromatic heterocycles. The molecule has 21 heavy (non-hydrogen) atoms. The van der Waals surface area contributed by atoms with E-state index in [-0.39, 0.29) is 16.6 Å². The number of urea groups is 1. The highest BCUT2D eigenvalue weighted by Gasteiger charge is 2.11. The van der Waals surface area contributed by atoms with Crippen molar-refractivity contribution in [3.63, 3.8) is 0 Å². The standard InChI is InChI=1S/C14H21ClN2O3S/c1-3-4-5-6-9-16-14(18)17-13-10-11(21(2,19)20)7-8-12(13)15/h7-8,10H,3-6,9H2,1-2H3,(H2,16,17,18). The number of carbonyl (C=O) groups excluding carboxylic acids is 1. The lowest BCUT2D eigenvalue weighted by atomic mass is 10.2. The maximum atomic E-state index is 11.7. The maximum absolute atomic E-state index is 11.7. The predicted octanol–water partition coefficient (Wildman–Crippen LogP) is 3.45. The first-order chi connectivity index (χ1) is 9.84. The third-order valence-corrected chi connectivity index (χ3v) is 4.37. The van der Waals surface area contributed by atoms with Crippen LogP contribution in [0.5, 0.6) is 0 Å². The summed E-state index contributed by atoms with van der Waals surface area (Å²) in [5.74, 6) is 0. The van der Waals surface area contributed by atoms with Gasteiger partial charge in [0, 0.05) is 12.8 Å². The number of amides is 2. The molecule has 0 spiro atoms. The normalized spacial score (nSPS) is 11.2. The molecule has 1 aromatic carbocycles. The average molecular weight is 333 g/mol. The van der Waals surface area contributed by atoms with Gasteiger partial charge in [-0.2, -0.15) is 0 Å². The molecule has 2 N–H and O–H groups in total. The van der Waals surface area contributed by atoms with Gasteiger partial charge in [0.05, 0.1) is 15.6 Å². The van der Waals surface area contributed by atoms with Gasteiger partial charge in [0.1, 0.15) is 0 Å². The molecular weight excluding hydrogens is 312 g/mol. The molecule has 0 fully saturated rings. The van der Waals surface area contributed by atoms with Gasteiger partial charge in [0.15, 0.2) is 9.84 Å². The summed E-state index contributed by atoms with van der Waals surface area (Å²) in [7, 11) is -3.34. The van der Waals surface area contributed by atoms with Gasteiger partial charge in [-0.25, -0.2) is 13.2 Å². The van der Waals surface area contributed by atoms with Gasteiger partial charge in [-0.15, -0.1) is 0 Å². The quantitative estimate of drug-likeness (QED) is 0.751. The van der Waals surface area contributed by atoms with Crippen LogP contribution in [0.3, 0.4) is 0 Å². The number of benzene rings is 1. The van der Waals surface area contributed by atoms with Gasteiger partial charge in [-0.1, -0.05) is 37.8 Å². The lowest BCUT2D eigenvalue weighted by Gasteiger charge is -2.10. The molecule has 1 rings (SSSR count). The number of anilines is 1. The smallest absolute Gasteiger partial charge is 0.319 e. The predicted molar refractivity (Wildman–Crippen MR) is 85.7 cm³/mol. The van der Waals surface area contributed by atoms with Crippen molar-refractivity contribution >= 4 is 33.2 Å². The Hall–Kier alpha value is -1.27. The zero-order valence-electron chi connectivity index (χ0n) is 12.3. The third kappa shape index (κ3) is 6.35. The summed E-state index contributed by atoms with van der Waals surface area (Å²) >= 11 is 5.96. The van der Waals surface area contributed by atoms with Crippen molar-refractivity contribution in [2.24, 2.45) is 0 Å². The van der Waals surface area contributed by atoms with E-state index in [1.807, 2.05) is 0 Å². The second-order valence-corrected chi connectivity index (χ2v) is 7.28. The topological polar surface area (TPSA) is 75.3 Å². The molecule has 2 amide bonds. The fourth-order valence-corrected chi connectivity index (χ4v) is 2.56. The highest BCUT2D eigenvalue weighted by Crippen LogP contribution is 2.25. The minimum absolute atomic E-state index is 0.116. The van der Waals surface area contributed by atoms with Crippen molar-refractivity contribution in [2.45, 2.75) is 37.5 Å². The summed E-state index contributed by atoms with van der Waals surface area (Å²) in [6.07, 6.45) is 5.37. The number of hydrogen-bond acceptors (Lipinski definition) is 3. The first-order valence-electron chi connectivity index (χ1n) is 6.89.